The van der Waals surface area contributed by atoms with Crippen LogP contribution >= 0.6 is 12.6 Å². The number of hydrogen-bond acceptors (Lipinski definition) is 7. The zero-order valence-electron chi connectivity index (χ0n) is 15.9. The quantitative estimate of drug-likeness (QED) is 0.196. The van der Waals surface area contributed by atoms with Crippen molar-refractivity contribution >= 4 is 36.3 Å². The molecule has 0 aromatic carbocycles. The van der Waals surface area contributed by atoms with E-state index in [9.17, 15) is 24.3 Å². The minimum Gasteiger partial charge on any atom is -0.480 e. The first-order valence-electron chi connectivity index (χ1n) is 8.57. The van der Waals surface area contributed by atoms with E-state index in [1.165, 1.54) is 0 Å². The van der Waals surface area contributed by atoms with Gasteiger partial charge in [0.25, 0.3) is 0 Å². The Bertz CT molecular complexity index is 543. The molecule has 0 rings (SSSR count). The number of carbonyl (C=O) groups is 4. The molecule has 7 N–H and O–H groups in total. The molecule has 0 saturated heterocycles. The highest BCUT2D eigenvalue weighted by molar-refractivity contribution is 7.80. The zero-order valence-corrected chi connectivity index (χ0v) is 16.8. The molecule has 27 heavy (non-hydrogen) atoms. The molecule has 4 atom stereocenters. The van der Waals surface area contributed by atoms with Gasteiger partial charge in [0, 0.05) is 5.75 Å². The summed E-state index contributed by atoms with van der Waals surface area (Å²) in [4.78, 5) is 47.7. The van der Waals surface area contributed by atoms with Crippen molar-refractivity contribution in [2.24, 2.45) is 17.6 Å². The van der Waals surface area contributed by atoms with Gasteiger partial charge in [0.15, 0.2) is 0 Å². The molecule has 10 nitrogen and oxygen atoms in total. The third kappa shape index (κ3) is 8.14. The summed E-state index contributed by atoms with van der Waals surface area (Å²) in [6.07, 6.45) is 0. The van der Waals surface area contributed by atoms with Crippen molar-refractivity contribution < 1.29 is 29.4 Å². The maximum atomic E-state index is 12.3. The highest BCUT2D eigenvalue weighted by Gasteiger charge is 2.30. The Labute approximate surface area is 164 Å². The summed E-state index contributed by atoms with van der Waals surface area (Å²) in [5, 5.41) is 25.5. The molecular formula is C16H30N4O6S. The van der Waals surface area contributed by atoms with Crippen LogP contribution in [0.3, 0.4) is 0 Å². The van der Waals surface area contributed by atoms with E-state index >= 15 is 0 Å². The van der Waals surface area contributed by atoms with Gasteiger partial charge in [-0.25, -0.2) is 4.79 Å². The van der Waals surface area contributed by atoms with Crippen LogP contribution in [0.25, 0.3) is 0 Å². The van der Waals surface area contributed by atoms with Crippen molar-refractivity contribution in [2.75, 3.05) is 12.4 Å². The third-order valence-electron chi connectivity index (χ3n) is 3.88. The monoisotopic (exact) mass is 406 g/mol. The number of nitrogens with two attached hydrogens (primary N) is 1. The minimum atomic E-state index is -1.31. The normalized spacial score (nSPS) is 15.6. The summed E-state index contributed by atoms with van der Waals surface area (Å²) in [5.41, 5.74) is 5.69. The largest absolute Gasteiger partial charge is 0.480 e. The van der Waals surface area contributed by atoms with Crippen molar-refractivity contribution in [1.29, 1.82) is 0 Å². The molecule has 0 saturated carbocycles. The first-order chi connectivity index (χ1) is 12.5. The number of carboxylic acid groups (broad SMARTS) is 1. The molecule has 156 valence electrons. The fourth-order valence-electron chi connectivity index (χ4n) is 2.00. The van der Waals surface area contributed by atoms with Crippen LogP contribution in [0.15, 0.2) is 0 Å². The molecule has 0 aliphatic rings. The Kier molecular flexibility index (Phi) is 11.0. The van der Waals surface area contributed by atoms with Crippen molar-refractivity contribution in [3.63, 3.8) is 0 Å². The molecule has 0 fully saturated rings. The number of aliphatic carboxylic acids is 1. The Morgan fingerprint density at radius 1 is 0.889 bits per heavy atom. The molecule has 4 unspecified atom stereocenters. The molecule has 0 aromatic heterocycles. The van der Waals surface area contributed by atoms with E-state index in [0.29, 0.717) is 0 Å². The van der Waals surface area contributed by atoms with Gasteiger partial charge >= 0.3 is 5.97 Å². The molecule has 0 radical (unpaired) electrons. The number of aliphatic hydroxyl groups excluding tert-OH is 1. The van der Waals surface area contributed by atoms with Crippen LogP contribution in [0, 0.1) is 11.8 Å². The van der Waals surface area contributed by atoms with E-state index in [2.05, 4.69) is 28.6 Å². The molecule has 11 heteroatoms. The summed E-state index contributed by atoms with van der Waals surface area (Å²) >= 11 is 3.99. The van der Waals surface area contributed by atoms with Crippen molar-refractivity contribution in [2.45, 2.75) is 51.9 Å². The SMILES string of the molecule is CC(C)C(N)C(=O)NC(CO)C(=O)NC(CS)C(=O)NC(C(=O)O)C(C)C. The molecule has 3 amide bonds. The number of carboxylic acids is 1. The predicted octanol–water partition coefficient (Wildman–Crippen LogP) is -1.91. The maximum Gasteiger partial charge on any atom is 0.326 e. The Morgan fingerprint density at radius 3 is 1.74 bits per heavy atom. The summed E-state index contributed by atoms with van der Waals surface area (Å²) in [6.45, 7) is 6.01. The van der Waals surface area contributed by atoms with E-state index in [0.717, 1.165) is 0 Å². The lowest BCUT2D eigenvalue weighted by Gasteiger charge is -2.25. The van der Waals surface area contributed by atoms with Crippen molar-refractivity contribution in [3.8, 4) is 0 Å². The number of carbonyl (C=O) groups excluding carboxylic acids is 3. The molecular weight excluding hydrogens is 376 g/mol. The second-order valence-electron chi connectivity index (χ2n) is 6.83. The second kappa shape index (κ2) is 11.8. The van der Waals surface area contributed by atoms with Crippen LogP contribution in [0.5, 0.6) is 0 Å². The van der Waals surface area contributed by atoms with Crippen molar-refractivity contribution in [3.05, 3.63) is 0 Å². The van der Waals surface area contributed by atoms with E-state index in [4.69, 9.17) is 10.8 Å². The highest BCUT2D eigenvalue weighted by Crippen LogP contribution is 2.03. The number of thiol groups is 1. The molecule has 0 heterocycles. The summed E-state index contributed by atoms with van der Waals surface area (Å²) in [7, 11) is 0. The summed E-state index contributed by atoms with van der Waals surface area (Å²) < 4.78 is 0. The van der Waals surface area contributed by atoms with Crippen LogP contribution in [-0.4, -0.2) is 70.4 Å². The summed E-state index contributed by atoms with van der Waals surface area (Å²) in [6, 6.07) is -4.45. The average molecular weight is 407 g/mol. The van der Waals surface area contributed by atoms with Gasteiger partial charge in [-0.15, -0.1) is 0 Å². The van der Waals surface area contributed by atoms with Gasteiger partial charge in [0.05, 0.1) is 12.6 Å². The van der Waals surface area contributed by atoms with Crippen LogP contribution in [0.4, 0.5) is 0 Å². The fraction of sp³-hybridized carbons (Fsp3) is 0.750. The molecule has 0 aliphatic carbocycles. The Balaban J connectivity index is 5.00. The summed E-state index contributed by atoms with van der Waals surface area (Å²) in [5.74, 6) is -4.02. The molecule has 0 aliphatic heterocycles. The number of amides is 3. The van der Waals surface area contributed by atoms with Crippen LogP contribution in [0.2, 0.25) is 0 Å². The average Bonchev–Trinajstić information content (AvgIpc) is 2.59. The maximum absolute atomic E-state index is 12.3. The first kappa shape index (κ1) is 25.1. The molecule has 0 bridgehead atoms. The van der Waals surface area contributed by atoms with Crippen LogP contribution in [0.1, 0.15) is 27.7 Å². The number of nitrogens with one attached hydrogen (secondary N) is 3. The number of hydrogen-bond donors (Lipinski definition) is 7. The lowest BCUT2D eigenvalue weighted by molar-refractivity contribution is -0.143. The number of rotatable bonds is 11. The Morgan fingerprint density at radius 2 is 1.37 bits per heavy atom. The van der Waals surface area contributed by atoms with E-state index < -0.39 is 54.5 Å². The third-order valence-corrected chi connectivity index (χ3v) is 4.25. The van der Waals surface area contributed by atoms with E-state index in [1.54, 1.807) is 27.7 Å². The van der Waals surface area contributed by atoms with E-state index in [1.807, 2.05) is 0 Å². The van der Waals surface area contributed by atoms with Gasteiger partial charge < -0.3 is 31.9 Å². The van der Waals surface area contributed by atoms with Crippen LogP contribution < -0.4 is 21.7 Å². The van der Waals surface area contributed by atoms with Gasteiger partial charge in [-0.3, -0.25) is 14.4 Å². The topological polar surface area (TPSA) is 171 Å². The Hall–Kier alpha value is -1.85. The van der Waals surface area contributed by atoms with Gasteiger partial charge in [-0.05, 0) is 11.8 Å². The standard InChI is InChI=1S/C16H30N4O6S/c1-7(2)11(17)15(24)18-9(5-21)13(22)19-10(6-27)14(23)20-12(8(3)4)16(25)26/h7-12,21,27H,5-6,17H2,1-4H3,(H,18,24)(H,19,22)(H,20,23)(H,25,26). The lowest BCUT2D eigenvalue weighted by Crippen LogP contribution is -2.59. The highest BCUT2D eigenvalue weighted by atomic mass is 32.1. The fourth-order valence-corrected chi connectivity index (χ4v) is 2.26. The molecule has 0 spiro atoms. The predicted molar refractivity (Wildman–Crippen MR) is 102 cm³/mol. The first-order valence-corrected chi connectivity index (χ1v) is 9.20. The van der Waals surface area contributed by atoms with Gasteiger partial charge in [-0.2, -0.15) is 12.6 Å². The van der Waals surface area contributed by atoms with E-state index in [-0.39, 0.29) is 17.6 Å². The smallest absolute Gasteiger partial charge is 0.326 e. The van der Waals surface area contributed by atoms with Crippen LogP contribution in [-0.2, 0) is 19.2 Å². The zero-order chi connectivity index (χ0) is 21.3. The lowest BCUT2D eigenvalue weighted by atomic mass is 10.0. The van der Waals surface area contributed by atoms with Gasteiger partial charge in [-0.1, -0.05) is 27.7 Å². The number of aliphatic hydroxyl groups is 1. The molecule has 0 aromatic rings. The second-order valence-corrected chi connectivity index (χ2v) is 7.19. The van der Waals surface area contributed by atoms with Crippen molar-refractivity contribution in [1.82, 2.24) is 16.0 Å². The van der Waals surface area contributed by atoms with Gasteiger partial charge in [0.2, 0.25) is 17.7 Å². The van der Waals surface area contributed by atoms with Gasteiger partial charge in [0.1, 0.15) is 18.1 Å². The minimum absolute atomic E-state index is 0.111.